The third-order valence-electron chi connectivity index (χ3n) is 9.12. The summed E-state index contributed by atoms with van der Waals surface area (Å²) < 4.78 is 11.0. The average Bonchev–Trinajstić information content (AvgIpc) is 3.42. The van der Waals surface area contributed by atoms with Crippen LogP contribution in [0.25, 0.3) is 5.69 Å². The van der Waals surface area contributed by atoms with Crippen molar-refractivity contribution in [2.24, 2.45) is 34.5 Å². The molecule has 9 rings (SSSR count). The van der Waals surface area contributed by atoms with Gasteiger partial charge >= 0.3 is 11.4 Å². The van der Waals surface area contributed by atoms with E-state index in [1.165, 1.54) is 4.57 Å². The van der Waals surface area contributed by atoms with Gasteiger partial charge < -0.3 is 4.74 Å². The predicted molar refractivity (Wildman–Crippen MR) is 91.2 cm³/mol. The third kappa shape index (κ3) is 0.942. The van der Waals surface area contributed by atoms with Crippen LogP contribution < -0.4 is 11.4 Å². The summed E-state index contributed by atoms with van der Waals surface area (Å²) in [5, 5.41) is 0. The number of ether oxygens (including phenoxy) is 1. The van der Waals surface area contributed by atoms with E-state index in [2.05, 4.69) is 0 Å². The lowest BCUT2D eigenvalue weighted by Gasteiger charge is -2.47. The normalized spacial score (nSPS) is 50.2. The van der Waals surface area contributed by atoms with E-state index in [0.29, 0.717) is 17.5 Å². The molecule has 0 N–H and O–H groups in total. The Morgan fingerprint density at radius 1 is 0.846 bits per heavy atom. The lowest BCUT2D eigenvalue weighted by atomic mass is 9.69. The first-order valence-electron chi connectivity index (χ1n) is 9.84. The summed E-state index contributed by atoms with van der Waals surface area (Å²) in [6.45, 7) is 1.62. The van der Waals surface area contributed by atoms with Gasteiger partial charge in [-0.1, -0.05) is 18.2 Å². The highest BCUT2D eigenvalue weighted by molar-refractivity contribution is 5.49. The maximum atomic E-state index is 13.4. The molecule has 3 aliphatic heterocycles. The zero-order valence-corrected chi connectivity index (χ0v) is 14.2. The first-order chi connectivity index (χ1) is 12.7. The molecule has 0 radical (unpaired) electrons. The van der Waals surface area contributed by atoms with Crippen LogP contribution in [-0.2, 0) is 4.74 Å². The van der Waals surface area contributed by atoms with E-state index in [-0.39, 0.29) is 34.3 Å². The van der Waals surface area contributed by atoms with E-state index in [0.717, 1.165) is 37.9 Å². The largest absolute Gasteiger partial charge is 0.381 e. The fourth-order valence-corrected chi connectivity index (χ4v) is 8.84. The molecular formula is C20H19N3O3. The Bertz CT molecular complexity index is 1060. The van der Waals surface area contributed by atoms with E-state index in [4.69, 9.17) is 4.74 Å². The summed E-state index contributed by atoms with van der Waals surface area (Å²) in [5.41, 5.74) is 0.876. The predicted octanol–water partition coefficient (Wildman–Crippen LogP) is 1.20. The Morgan fingerprint density at radius 2 is 1.42 bits per heavy atom. The van der Waals surface area contributed by atoms with Gasteiger partial charge in [-0.05, 0) is 48.6 Å². The fraction of sp³-hybridized carbons (Fsp3) is 0.600. The molecular weight excluding hydrogens is 330 g/mol. The van der Waals surface area contributed by atoms with Crippen LogP contribution in [0.2, 0.25) is 0 Å². The molecule has 2 unspecified atom stereocenters. The summed E-state index contributed by atoms with van der Waals surface area (Å²) in [4.78, 5) is 26.8. The molecule has 8 atom stereocenters. The molecule has 1 saturated heterocycles. The molecule has 6 heteroatoms. The smallest absolute Gasteiger partial charge is 0.352 e. The molecule has 2 spiro atoms. The van der Waals surface area contributed by atoms with E-state index < -0.39 is 0 Å². The summed E-state index contributed by atoms with van der Waals surface area (Å²) in [5.74, 6) is 2.77. The van der Waals surface area contributed by atoms with Gasteiger partial charge in [-0.2, -0.15) is 0 Å². The standard InChI is InChI=1S/C20H19N3O3/c24-17-21(10-4-2-1-3-5-10)18(25)23-16-13-11-12(13)15(22(17)23)19-6-8-26-9-7-20(16,19)14(11)19/h1-5,11-16H,6-9H2/t11?,12-,13+,14?,15+,16-,19+,20-. The topological polar surface area (TPSA) is 58.2 Å². The Balaban J connectivity index is 1.45. The Morgan fingerprint density at radius 3 is 2.00 bits per heavy atom. The average molecular weight is 349 g/mol. The Kier molecular flexibility index (Phi) is 1.78. The van der Waals surface area contributed by atoms with E-state index >= 15 is 0 Å². The number of aromatic nitrogens is 3. The molecule has 7 aliphatic rings. The quantitative estimate of drug-likeness (QED) is 0.777. The molecule has 132 valence electrons. The van der Waals surface area contributed by atoms with Crippen molar-refractivity contribution in [1.29, 1.82) is 0 Å². The lowest BCUT2D eigenvalue weighted by Crippen LogP contribution is -2.52. The van der Waals surface area contributed by atoms with Crippen LogP contribution in [-0.4, -0.2) is 27.1 Å². The van der Waals surface area contributed by atoms with Crippen molar-refractivity contribution in [1.82, 2.24) is 13.9 Å². The molecule has 1 aromatic carbocycles. The van der Waals surface area contributed by atoms with Gasteiger partial charge in [-0.15, -0.1) is 0 Å². The second-order valence-electron chi connectivity index (χ2n) is 9.22. The Hall–Kier alpha value is -2.08. The highest BCUT2D eigenvalue weighted by atomic mass is 16.5. The van der Waals surface area contributed by atoms with Gasteiger partial charge in [-0.25, -0.2) is 23.5 Å². The monoisotopic (exact) mass is 349 g/mol. The second kappa shape index (κ2) is 3.52. The van der Waals surface area contributed by atoms with Crippen LogP contribution in [0.5, 0.6) is 0 Å². The maximum Gasteiger partial charge on any atom is 0.352 e. The second-order valence-corrected chi connectivity index (χ2v) is 9.22. The fourth-order valence-electron chi connectivity index (χ4n) is 8.84. The van der Waals surface area contributed by atoms with Gasteiger partial charge in [0.15, 0.2) is 0 Å². The van der Waals surface area contributed by atoms with Gasteiger partial charge in [-0.3, -0.25) is 0 Å². The number of nitrogens with zero attached hydrogens (tertiary/aromatic N) is 3. The molecule has 4 aliphatic carbocycles. The van der Waals surface area contributed by atoms with Crippen molar-refractivity contribution >= 4 is 0 Å². The highest BCUT2D eigenvalue weighted by Gasteiger charge is 3.02. The third-order valence-corrected chi connectivity index (χ3v) is 9.12. The first kappa shape index (κ1) is 13.1. The number of benzene rings is 1. The molecule has 26 heavy (non-hydrogen) atoms. The summed E-state index contributed by atoms with van der Waals surface area (Å²) >= 11 is 0. The molecule has 2 bridgehead atoms. The maximum absolute atomic E-state index is 13.4. The van der Waals surface area contributed by atoms with Gasteiger partial charge in [0.25, 0.3) is 0 Å². The molecule has 4 saturated carbocycles. The molecule has 5 fully saturated rings. The van der Waals surface area contributed by atoms with Gasteiger partial charge in [0.05, 0.1) is 17.8 Å². The van der Waals surface area contributed by atoms with Crippen molar-refractivity contribution in [2.45, 2.75) is 24.9 Å². The van der Waals surface area contributed by atoms with Crippen molar-refractivity contribution in [3.05, 3.63) is 51.3 Å². The summed E-state index contributed by atoms with van der Waals surface area (Å²) in [7, 11) is 0. The first-order valence-corrected chi connectivity index (χ1v) is 9.84. The number of hydrogen-bond acceptors (Lipinski definition) is 3. The number of para-hydroxylation sites is 1. The van der Waals surface area contributed by atoms with Crippen LogP contribution in [0.4, 0.5) is 0 Å². The molecule has 1 aromatic heterocycles. The van der Waals surface area contributed by atoms with E-state index in [9.17, 15) is 9.59 Å². The minimum absolute atomic E-state index is 0.138. The summed E-state index contributed by atoms with van der Waals surface area (Å²) in [6.07, 6.45) is 2.13. The number of rotatable bonds is 1. The molecule has 0 amide bonds. The number of hydrogen-bond donors (Lipinski definition) is 0. The van der Waals surface area contributed by atoms with Crippen LogP contribution in [0.1, 0.15) is 24.9 Å². The van der Waals surface area contributed by atoms with E-state index in [1.54, 1.807) is 0 Å². The van der Waals surface area contributed by atoms with Gasteiger partial charge in [0.2, 0.25) is 0 Å². The van der Waals surface area contributed by atoms with Crippen molar-refractivity contribution < 1.29 is 4.74 Å². The molecule has 2 aromatic rings. The van der Waals surface area contributed by atoms with Gasteiger partial charge in [0.1, 0.15) is 0 Å². The minimum atomic E-state index is -0.138. The van der Waals surface area contributed by atoms with Crippen molar-refractivity contribution in [3.63, 3.8) is 0 Å². The van der Waals surface area contributed by atoms with Crippen molar-refractivity contribution in [3.8, 4) is 5.69 Å². The SMILES string of the molecule is O=c1n(-c2ccccc2)c(=O)n2n1[C@H]1[C@@H]3C4C5[C@@]16CCOCC[C@]56[C@H]2[C@@H]43. The van der Waals surface area contributed by atoms with Gasteiger partial charge in [0, 0.05) is 24.0 Å². The molecule has 4 heterocycles. The zero-order chi connectivity index (χ0) is 17.0. The zero-order valence-electron chi connectivity index (χ0n) is 14.2. The Labute approximate surface area is 149 Å². The highest BCUT2D eigenvalue weighted by Crippen LogP contribution is 3.03. The van der Waals surface area contributed by atoms with Crippen molar-refractivity contribution in [2.75, 3.05) is 13.2 Å². The van der Waals surface area contributed by atoms with Crippen LogP contribution in [0.3, 0.4) is 0 Å². The minimum Gasteiger partial charge on any atom is -0.381 e. The van der Waals surface area contributed by atoms with E-state index in [1.807, 2.05) is 39.7 Å². The van der Waals surface area contributed by atoms with Crippen LogP contribution >= 0.6 is 0 Å². The summed E-state index contributed by atoms with van der Waals surface area (Å²) in [6, 6.07) is 9.83. The lowest BCUT2D eigenvalue weighted by molar-refractivity contribution is -0.00192. The van der Waals surface area contributed by atoms with Crippen LogP contribution in [0, 0.1) is 34.5 Å². The van der Waals surface area contributed by atoms with Crippen LogP contribution in [0.15, 0.2) is 39.9 Å². The molecule has 6 nitrogen and oxygen atoms in total.